The van der Waals surface area contributed by atoms with Crippen LogP contribution in [0.15, 0.2) is 40.9 Å². The topological polar surface area (TPSA) is 0 Å². The summed E-state index contributed by atoms with van der Waals surface area (Å²) in [5.74, 6) is -1.68. The summed E-state index contributed by atoms with van der Waals surface area (Å²) in [7, 11) is 0. The summed E-state index contributed by atoms with van der Waals surface area (Å²) in [6, 6.07) is 9.97. The van der Waals surface area contributed by atoms with Crippen LogP contribution in [0.4, 0.5) is 8.78 Å². The van der Waals surface area contributed by atoms with Gasteiger partial charge in [-0.15, -0.1) is 0 Å². The van der Waals surface area contributed by atoms with Gasteiger partial charge in [-0.1, -0.05) is 45.8 Å². The number of aryl methyl sites for hydroxylation is 1. The van der Waals surface area contributed by atoms with Crippen molar-refractivity contribution in [2.24, 2.45) is 0 Å². The molecule has 82 valence electrons. The Balaban J connectivity index is 2.56. The summed E-state index contributed by atoms with van der Waals surface area (Å²) in [4.78, 5) is 0. The molecular weight excluding hydrogens is 274 g/mol. The van der Waals surface area contributed by atoms with Gasteiger partial charge in [0.2, 0.25) is 0 Å². The zero-order valence-corrected chi connectivity index (χ0v) is 10.2. The number of rotatable bonds is 1. The van der Waals surface area contributed by atoms with Gasteiger partial charge in [-0.3, -0.25) is 0 Å². The van der Waals surface area contributed by atoms with Crippen molar-refractivity contribution in [3.05, 3.63) is 58.1 Å². The third kappa shape index (κ3) is 2.14. The summed E-state index contributed by atoms with van der Waals surface area (Å²) < 4.78 is 26.6. The average Bonchev–Trinajstić information content (AvgIpc) is 2.25. The highest BCUT2D eigenvalue weighted by molar-refractivity contribution is 9.10. The van der Waals surface area contributed by atoms with Crippen molar-refractivity contribution in [2.75, 3.05) is 0 Å². The van der Waals surface area contributed by atoms with Crippen LogP contribution < -0.4 is 0 Å². The molecule has 2 aromatic carbocycles. The molecule has 2 rings (SSSR count). The van der Waals surface area contributed by atoms with Gasteiger partial charge in [-0.05, 0) is 30.2 Å². The van der Waals surface area contributed by atoms with Gasteiger partial charge >= 0.3 is 0 Å². The van der Waals surface area contributed by atoms with Crippen LogP contribution in [0, 0.1) is 18.6 Å². The molecule has 0 atom stereocenters. The normalized spacial score (nSPS) is 10.5. The van der Waals surface area contributed by atoms with E-state index in [0.717, 1.165) is 17.2 Å². The Morgan fingerprint density at radius 1 is 0.938 bits per heavy atom. The second-order valence-corrected chi connectivity index (χ2v) is 4.47. The lowest BCUT2D eigenvalue weighted by molar-refractivity contribution is 0.508. The zero-order chi connectivity index (χ0) is 11.7. The fraction of sp³-hybridized carbons (Fsp3) is 0.0769. The lowest BCUT2D eigenvalue weighted by atomic mass is 10.0. The van der Waals surface area contributed by atoms with E-state index < -0.39 is 11.6 Å². The Morgan fingerprint density at radius 2 is 1.50 bits per heavy atom. The van der Waals surface area contributed by atoms with Crippen molar-refractivity contribution >= 4 is 15.9 Å². The first-order valence-electron chi connectivity index (χ1n) is 4.79. The van der Waals surface area contributed by atoms with Crippen molar-refractivity contribution in [2.45, 2.75) is 6.92 Å². The maximum Gasteiger partial charge on any atom is 0.159 e. The van der Waals surface area contributed by atoms with Crippen molar-refractivity contribution < 1.29 is 8.78 Å². The van der Waals surface area contributed by atoms with E-state index in [2.05, 4.69) is 15.9 Å². The van der Waals surface area contributed by atoms with Gasteiger partial charge < -0.3 is 0 Å². The van der Waals surface area contributed by atoms with E-state index in [9.17, 15) is 8.78 Å². The van der Waals surface area contributed by atoms with E-state index >= 15 is 0 Å². The first kappa shape index (κ1) is 11.3. The van der Waals surface area contributed by atoms with Crippen molar-refractivity contribution in [3.63, 3.8) is 0 Å². The molecule has 0 N–H and O–H groups in total. The number of hydrogen-bond acceptors (Lipinski definition) is 0. The Bertz CT molecular complexity index is 518. The largest absolute Gasteiger partial charge is 0.204 e. The Morgan fingerprint density at radius 3 is 2.12 bits per heavy atom. The van der Waals surface area contributed by atoms with Gasteiger partial charge in [-0.25, -0.2) is 8.78 Å². The lowest BCUT2D eigenvalue weighted by Gasteiger charge is -2.06. The molecule has 0 aliphatic heterocycles. The fourth-order valence-electron chi connectivity index (χ4n) is 1.48. The van der Waals surface area contributed by atoms with Gasteiger partial charge in [0.05, 0.1) is 0 Å². The molecule has 16 heavy (non-hydrogen) atoms. The maximum atomic E-state index is 13.1. The van der Waals surface area contributed by atoms with Crippen LogP contribution in [-0.2, 0) is 0 Å². The molecule has 0 unspecified atom stereocenters. The number of halogens is 3. The molecular formula is C13H9BrF2. The van der Waals surface area contributed by atoms with Crippen molar-refractivity contribution in [1.29, 1.82) is 0 Å². The van der Waals surface area contributed by atoms with Crippen molar-refractivity contribution in [3.8, 4) is 11.1 Å². The standard InChI is InChI=1S/C13H9BrF2/c1-8-2-4-9(5-3-8)10-6-12(15)13(16)7-11(10)14/h2-7H,1H3. The highest BCUT2D eigenvalue weighted by atomic mass is 79.9. The summed E-state index contributed by atoms with van der Waals surface area (Å²) in [6.07, 6.45) is 0. The average molecular weight is 283 g/mol. The SMILES string of the molecule is Cc1ccc(-c2cc(F)c(F)cc2Br)cc1. The lowest BCUT2D eigenvalue weighted by Crippen LogP contribution is -1.88. The number of benzene rings is 2. The quantitative estimate of drug-likeness (QED) is 0.665. The second-order valence-electron chi connectivity index (χ2n) is 3.61. The molecule has 0 nitrogen and oxygen atoms in total. The maximum absolute atomic E-state index is 13.1. The van der Waals surface area contributed by atoms with Gasteiger partial charge in [0.15, 0.2) is 11.6 Å². The monoisotopic (exact) mass is 282 g/mol. The molecule has 3 heteroatoms. The smallest absolute Gasteiger partial charge is 0.159 e. The van der Waals surface area contributed by atoms with Gasteiger partial charge in [-0.2, -0.15) is 0 Å². The van der Waals surface area contributed by atoms with Crippen molar-refractivity contribution in [1.82, 2.24) is 0 Å². The molecule has 0 aliphatic carbocycles. The summed E-state index contributed by atoms with van der Waals surface area (Å²) in [5, 5.41) is 0. The molecule has 0 saturated carbocycles. The molecule has 0 aromatic heterocycles. The highest BCUT2D eigenvalue weighted by Gasteiger charge is 2.09. The second kappa shape index (κ2) is 4.34. The Kier molecular flexibility index (Phi) is 3.06. The van der Waals surface area contributed by atoms with Crippen LogP contribution in [0.3, 0.4) is 0 Å². The van der Waals surface area contributed by atoms with Crippen LogP contribution in [0.5, 0.6) is 0 Å². The molecule has 0 aliphatic rings. The minimum absolute atomic E-state index is 0.551. The van der Waals surface area contributed by atoms with Gasteiger partial charge in [0, 0.05) is 4.47 Å². The van der Waals surface area contributed by atoms with E-state index in [1.54, 1.807) is 0 Å². The highest BCUT2D eigenvalue weighted by Crippen LogP contribution is 2.30. The molecule has 0 bridgehead atoms. The summed E-state index contributed by atoms with van der Waals surface area (Å²) in [5.41, 5.74) is 2.64. The molecule has 0 fully saturated rings. The van der Waals surface area contributed by atoms with Crippen LogP contribution in [0.2, 0.25) is 0 Å². The van der Waals surface area contributed by atoms with Crippen LogP contribution >= 0.6 is 15.9 Å². The summed E-state index contributed by atoms with van der Waals surface area (Å²) in [6.45, 7) is 1.98. The number of hydrogen-bond donors (Lipinski definition) is 0. The van der Waals surface area contributed by atoms with Gasteiger partial charge in [0.1, 0.15) is 0 Å². The third-order valence-electron chi connectivity index (χ3n) is 2.37. The molecule has 0 amide bonds. The van der Waals surface area contributed by atoms with Crippen LogP contribution in [0.1, 0.15) is 5.56 Å². The fourth-order valence-corrected chi connectivity index (χ4v) is 2.02. The Hall–Kier alpha value is -1.22. The Labute approximate surface area is 101 Å². The predicted molar refractivity (Wildman–Crippen MR) is 64.2 cm³/mol. The van der Waals surface area contributed by atoms with Gasteiger partial charge in [0.25, 0.3) is 0 Å². The van der Waals surface area contributed by atoms with E-state index in [4.69, 9.17) is 0 Å². The molecule has 0 radical (unpaired) electrons. The van der Waals surface area contributed by atoms with E-state index in [-0.39, 0.29) is 0 Å². The molecule has 0 spiro atoms. The molecule has 2 aromatic rings. The minimum atomic E-state index is -0.845. The van der Waals surface area contributed by atoms with E-state index in [1.807, 2.05) is 31.2 Å². The summed E-state index contributed by atoms with van der Waals surface area (Å²) >= 11 is 3.23. The van der Waals surface area contributed by atoms with Crippen LogP contribution in [0.25, 0.3) is 11.1 Å². The first-order chi connectivity index (χ1) is 7.58. The van der Waals surface area contributed by atoms with E-state index in [1.165, 1.54) is 6.07 Å². The molecule has 0 saturated heterocycles. The van der Waals surface area contributed by atoms with Crippen LogP contribution in [-0.4, -0.2) is 0 Å². The minimum Gasteiger partial charge on any atom is -0.204 e. The molecule has 0 heterocycles. The predicted octanol–water partition coefficient (Wildman–Crippen LogP) is 4.70. The third-order valence-corrected chi connectivity index (χ3v) is 3.03. The van der Waals surface area contributed by atoms with E-state index in [0.29, 0.717) is 10.0 Å². The zero-order valence-electron chi connectivity index (χ0n) is 8.60. The first-order valence-corrected chi connectivity index (χ1v) is 5.59.